The summed E-state index contributed by atoms with van der Waals surface area (Å²) in [7, 11) is -2.33. The van der Waals surface area contributed by atoms with E-state index in [4.69, 9.17) is 16.3 Å². The van der Waals surface area contributed by atoms with Crippen molar-refractivity contribution in [1.29, 1.82) is 0 Å². The van der Waals surface area contributed by atoms with E-state index in [1.165, 1.54) is 18.2 Å². The first-order valence-corrected chi connectivity index (χ1v) is 9.45. The maximum Gasteiger partial charge on any atom is 0.263 e. The number of nitrogens with one attached hydrogen (secondary N) is 2. The topological polar surface area (TPSA) is 84.5 Å². The van der Waals surface area contributed by atoms with Crippen LogP contribution in [0.1, 0.15) is 16.8 Å². The SMILES string of the molecule is COCCCNC(=O)c1ccc(Cl)c(S(=O)(=O)Nc2ccccc2)c1. The molecule has 8 heteroatoms. The van der Waals surface area contributed by atoms with Gasteiger partial charge in [-0.1, -0.05) is 29.8 Å². The van der Waals surface area contributed by atoms with Crippen LogP contribution in [0.4, 0.5) is 5.69 Å². The molecule has 0 bridgehead atoms. The number of carbonyl (C=O) groups is 1. The minimum absolute atomic E-state index is 0.0411. The van der Waals surface area contributed by atoms with Gasteiger partial charge in [-0.3, -0.25) is 9.52 Å². The molecule has 2 N–H and O–H groups in total. The second kappa shape index (κ2) is 8.84. The highest BCUT2D eigenvalue weighted by atomic mass is 35.5. The second-order valence-corrected chi connectivity index (χ2v) is 7.28. The number of amides is 1. The van der Waals surface area contributed by atoms with Gasteiger partial charge in [0, 0.05) is 31.5 Å². The summed E-state index contributed by atoms with van der Waals surface area (Å²) < 4.78 is 32.5. The van der Waals surface area contributed by atoms with Gasteiger partial charge >= 0.3 is 0 Å². The smallest absolute Gasteiger partial charge is 0.263 e. The fourth-order valence-electron chi connectivity index (χ4n) is 2.09. The van der Waals surface area contributed by atoms with Crippen LogP contribution in [0.25, 0.3) is 0 Å². The van der Waals surface area contributed by atoms with E-state index in [0.29, 0.717) is 25.3 Å². The van der Waals surface area contributed by atoms with Gasteiger partial charge in [0.1, 0.15) is 4.90 Å². The molecular formula is C17H19ClN2O4S. The van der Waals surface area contributed by atoms with Gasteiger partial charge in [-0.15, -0.1) is 0 Å². The Labute approximate surface area is 152 Å². The van der Waals surface area contributed by atoms with Crippen molar-refractivity contribution in [3.05, 3.63) is 59.1 Å². The predicted molar refractivity (Wildman–Crippen MR) is 97.5 cm³/mol. The number of ether oxygens (including phenoxy) is 1. The lowest BCUT2D eigenvalue weighted by Crippen LogP contribution is -2.25. The minimum Gasteiger partial charge on any atom is -0.385 e. The number of para-hydroxylation sites is 1. The average molecular weight is 383 g/mol. The molecule has 0 radical (unpaired) electrons. The van der Waals surface area contributed by atoms with Crippen LogP contribution in [0.2, 0.25) is 5.02 Å². The summed E-state index contributed by atoms with van der Waals surface area (Å²) in [5.41, 5.74) is 0.628. The Bertz CT molecular complexity index is 826. The van der Waals surface area contributed by atoms with E-state index in [2.05, 4.69) is 10.0 Å². The summed E-state index contributed by atoms with van der Waals surface area (Å²) in [6.07, 6.45) is 0.663. The molecule has 0 heterocycles. The Morgan fingerprint density at radius 1 is 1.16 bits per heavy atom. The molecular weight excluding hydrogens is 364 g/mol. The van der Waals surface area contributed by atoms with Crippen LogP contribution in [0.5, 0.6) is 0 Å². The summed E-state index contributed by atoms with van der Waals surface area (Å²) in [6.45, 7) is 0.959. The van der Waals surface area contributed by atoms with Gasteiger partial charge in [-0.05, 0) is 36.8 Å². The van der Waals surface area contributed by atoms with Crippen molar-refractivity contribution in [3.8, 4) is 0 Å². The first-order valence-electron chi connectivity index (χ1n) is 7.58. The van der Waals surface area contributed by atoms with E-state index >= 15 is 0 Å². The van der Waals surface area contributed by atoms with Crippen LogP contribution in [0.15, 0.2) is 53.4 Å². The maximum atomic E-state index is 12.6. The first kappa shape index (κ1) is 19.2. The van der Waals surface area contributed by atoms with Crippen molar-refractivity contribution in [3.63, 3.8) is 0 Å². The molecule has 0 unspecified atom stereocenters. The molecule has 0 aliphatic rings. The molecule has 2 rings (SSSR count). The Kier molecular flexibility index (Phi) is 6.81. The van der Waals surface area contributed by atoms with E-state index in [1.807, 2.05) is 0 Å². The summed E-state index contributed by atoms with van der Waals surface area (Å²) in [5.74, 6) is -0.371. The van der Waals surface area contributed by atoms with E-state index in [0.717, 1.165) is 0 Å². The van der Waals surface area contributed by atoms with Crippen molar-refractivity contribution in [2.24, 2.45) is 0 Å². The fourth-order valence-corrected chi connectivity index (χ4v) is 3.67. The maximum absolute atomic E-state index is 12.6. The van der Waals surface area contributed by atoms with E-state index in [-0.39, 0.29) is 21.4 Å². The number of carbonyl (C=O) groups excluding carboxylic acids is 1. The molecule has 2 aromatic rings. The number of hydrogen-bond donors (Lipinski definition) is 2. The molecule has 0 atom stereocenters. The number of rotatable bonds is 8. The highest BCUT2D eigenvalue weighted by molar-refractivity contribution is 7.92. The van der Waals surface area contributed by atoms with Gasteiger partial charge in [-0.25, -0.2) is 8.42 Å². The molecule has 0 aliphatic carbocycles. The van der Waals surface area contributed by atoms with Crippen molar-refractivity contribution >= 4 is 33.2 Å². The first-order chi connectivity index (χ1) is 11.9. The standard InChI is InChI=1S/C17H19ClN2O4S/c1-24-11-5-10-19-17(21)13-8-9-15(18)16(12-13)25(22,23)20-14-6-3-2-4-7-14/h2-4,6-9,12,20H,5,10-11H2,1H3,(H,19,21). The number of benzene rings is 2. The lowest BCUT2D eigenvalue weighted by Gasteiger charge is -2.11. The van der Waals surface area contributed by atoms with Gasteiger partial charge in [0.2, 0.25) is 0 Å². The molecule has 6 nitrogen and oxygen atoms in total. The van der Waals surface area contributed by atoms with Gasteiger partial charge in [-0.2, -0.15) is 0 Å². The molecule has 0 saturated carbocycles. The van der Waals surface area contributed by atoms with Gasteiger partial charge in [0.25, 0.3) is 15.9 Å². The third kappa shape index (κ3) is 5.45. The highest BCUT2D eigenvalue weighted by Crippen LogP contribution is 2.25. The normalized spacial score (nSPS) is 11.1. The van der Waals surface area contributed by atoms with Gasteiger partial charge in [0.05, 0.1) is 5.02 Å². The van der Waals surface area contributed by atoms with Crippen molar-refractivity contribution in [2.75, 3.05) is 25.0 Å². The number of sulfonamides is 1. The Hall–Kier alpha value is -2.09. The molecule has 2 aromatic carbocycles. The summed E-state index contributed by atoms with van der Waals surface area (Å²) >= 11 is 6.03. The monoisotopic (exact) mass is 382 g/mol. The third-order valence-electron chi connectivity index (χ3n) is 3.32. The summed E-state index contributed by atoms with van der Waals surface area (Å²) in [4.78, 5) is 12.0. The van der Waals surface area contributed by atoms with Crippen LogP contribution in [-0.4, -0.2) is 34.6 Å². The van der Waals surface area contributed by atoms with Crippen LogP contribution >= 0.6 is 11.6 Å². The number of halogens is 1. The molecule has 0 aromatic heterocycles. The van der Waals surface area contributed by atoms with Crippen molar-refractivity contribution in [2.45, 2.75) is 11.3 Å². The van der Waals surface area contributed by atoms with Gasteiger partial charge in [0.15, 0.2) is 0 Å². The zero-order valence-electron chi connectivity index (χ0n) is 13.7. The molecule has 0 fully saturated rings. The van der Waals surface area contributed by atoms with Crippen molar-refractivity contribution < 1.29 is 17.9 Å². The quantitative estimate of drug-likeness (QED) is 0.687. The number of hydrogen-bond acceptors (Lipinski definition) is 4. The molecule has 0 aliphatic heterocycles. The Morgan fingerprint density at radius 2 is 1.88 bits per heavy atom. The lowest BCUT2D eigenvalue weighted by molar-refractivity contribution is 0.0948. The highest BCUT2D eigenvalue weighted by Gasteiger charge is 2.20. The Morgan fingerprint density at radius 3 is 2.56 bits per heavy atom. The number of anilines is 1. The predicted octanol–water partition coefficient (Wildman–Crippen LogP) is 2.91. The average Bonchev–Trinajstić information content (AvgIpc) is 2.59. The van der Waals surface area contributed by atoms with E-state index in [9.17, 15) is 13.2 Å². The third-order valence-corrected chi connectivity index (χ3v) is 5.18. The van der Waals surface area contributed by atoms with Gasteiger partial charge < -0.3 is 10.1 Å². The molecule has 25 heavy (non-hydrogen) atoms. The molecule has 1 amide bonds. The molecule has 134 valence electrons. The number of methoxy groups -OCH3 is 1. The van der Waals surface area contributed by atoms with Crippen LogP contribution in [0.3, 0.4) is 0 Å². The zero-order valence-corrected chi connectivity index (χ0v) is 15.2. The molecule has 0 saturated heterocycles. The fraction of sp³-hybridized carbons (Fsp3) is 0.235. The Balaban J connectivity index is 2.19. The summed E-state index contributed by atoms with van der Waals surface area (Å²) in [5, 5.41) is 2.75. The van der Waals surface area contributed by atoms with E-state index < -0.39 is 10.0 Å². The largest absolute Gasteiger partial charge is 0.385 e. The van der Waals surface area contributed by atoms with Crippen LogP contribution in [-0.2, 0) is 14.8 Å². The molecule has 0 spiro atoms. The lowest BCUT2D eigenvalue weighted by atomic mass is 10.2. The van der Waals surface area contributed by atoms with Crippen LogP contribution < -0.4 is 10.0 Å². The summed E-state index contributed by atoms with van der Waals surface area (Å²) in [6, 6.07) is 12.6. The van der Waals surface area contributed by atoms with Crippen molar-refractivity contribution in [1.82, 2.24) is 5.32 Å². The van der Waals surface area contributed by atoms with Crippen LogP contribution in [0, 0.1) is 0 Å². The minimum atomic E-state index is -3.91. The second-order valence-electron chi connectivity index (χ2n) is 5.22. The van der Waals surface area contributed by atoms with E-state index in [1.54, 1.807) is 37.4 Å². The zero-order chi connectivity index (χ0) is 18.3.